The summed E-state index contributed by atoms with van der Waals surface area (Å²) in [4.78, 5) is 4.43. The standard InChI is InChI=1S/C14H17N3O2/c1-9-3-4-11(7-10(9)2)14-16-13(17-19-14)12-8-15-5-6-18-12/h3-4,7,12,15H,5-6,8H2,1-2H3. The van der Waals surface area contributed by atoms with Gasteiger partial charge in [-0.2, -0.15) is 4.98 Å². The van der Waals surface area contributed by atoms with Crippen molar-refractivity contribution in [3.05, 3.63) is 35.2 Å². The number of aryl methyl sites for hydroxylation is 2. The van der Waals surface area contributed by atoms with Crippen LogP contribution in [0.5, 0.6) is 0 Å². The van der Waals surface area contributed by atoms with E-state index >= 15 is 0 Å². The summed E-state index contributed by atoms with van der Waals surface area (Å²) >= 11 is 0. The van der Waals surface area contributed by atoms with Gasteiger partial charge in [0.05, 0.1) is 6.61 Å². The van der Waals surface area contributed by atoms with Crippen LogP contribution < -0.4 is 5.32 Å². The van der Waals surface area contributed by atoms with E-state index in [1.165, 1.54) is 11.1 Å². The Morgan fingerprint density at radius 3 is 2.89 bits per heavy atom. The predicted octanol–water partition coefficient (Wildman–Crippen LogP) is 2.01. The number of aromatic nitrogens is 2. The molecule has 0 aliphatic carbocycles. The number of nitrogens with one attached hydrogen (secondary N) is 1. The molecule has 2 heterocycles. The summed E-state index contributed by atoms with van der Waals surface area (Å²) in [6.07, 6.45) is -0.113. The van der Waals surface area contributed by atoms with Crippen molar-refractivity contribution in [1.82, 2.24) is 15.5 Å². The third-order valence-electron chi connectivity index (χ3n) is 3.41. The molecule has 100 valence electrons. The zero-order valence-corrected chi connectivity index (χ0v) is 11.1. The van der Waals surface area contributed by atoms with Gasteiger partial charge >= 0.3 is 0 Å². The molecule has 19 heavy (non-hydrogen) atoms. The number of nitrogens with zero attached hydrogens (tertiary/aromatic N) is 2. The third kappa shape index (κ3) is 2.52. The fraction of sp³-hybridized carbons (Fsp3) is 0.429. The lowest BCUT2D eigenvalue weighted by molar-refractivity contribution is 0.0208. The molecule has 1 saturated heterocycles. The van der Waals surface area contributed by atoms with Gasteiger partial charge in [-0.3, -0.25) is 0 Å². The average Bonchev–Trinajstić information content (AvgIpc) is 2.93. The van der Waals surface area contributed by atoms with Crippen LogP contribution >= 0.6 is 0 Å². The molecule has 1 fully saturated rings. The molecule has 0 saturated carbocycles. The molecule has 1 atom stereocenters. The molecule has 0 bridgehead atoms. The van der Waals surface area contributed by atoms with E-state index in [1.54, 1.807) is 0 Å². The Balaban J connectivity index is 1.85. The minimum Gasteiger partial charge on any atom is -0.367 e. The maximum absolute atomic E-state index is 5.61. The first-order valence-corrected chi connectivity index (χ1v) is 6.47. The van der Waals surface area contributed by atoms with E-state index in [9.17, 15) is 0 Å². The van der Waals surface area contributed by atoms with E-state index in [-0.39, 0.29) is 6.10 Å². The van der Waals surface area contributed by atoms with E-state index in [0.717, 1.165) is 18.7 Å². The maximum atomic E-state index is 5.61. The zero-order chi connectivity index (χ0) is 13.2. The molecule has 1 aliphatic heterocycles. The molecule has 1 aliphatic rings. The van der Waals surface area contributed by atoms with Gasteiger partial charge in [-0.05, 0) is 37.1 Å². The SMILES string of the molecule is Cc1ccc(-c2nc(C3CNCCO3)no2)cc1C. The summed E-state index contributed by atoms with van der Waals surface area (Å²) in [6.45, 7) is 6.44. The normalized spacial score (nSPS) is 19.6. The van der Waals surface area contributed by atoms with Crippen molar-refractivity contribution >= 4 is 0 Å². The van der Waals surface area contributed by atoms with Crippen LogP contribution in [0.25, 0.3) is 11.5 Å². The summed E-state index contributed by atoms with van der Waals surface area (Å²) in [6, 6.07) is 6.12. The van der Waals surface area contributed by atoms with Gasteiger partial charge in [0.1, 0.15) is 6.10 Å². The molecule has 0 spiro atoms. The summed E-state index contributed by atoms with van der Waals surface area (Å²) < 4.78 is 10.9. The predicted molar refractivity (Wildman–Crippen MR) is 70.8 cm³/mol. The Morgan fingerprint density at radius 2 is 2.16 bits per heavy atom. The van der Waals surface area contributed by atoms with E-state index < -0.39 is 0 Å². The van der Waals surface area contributed by atoms with Crippen LogP contribution in [0.4, 0.5) is 0 Å². The summed E-state index contributed by atoms with van der Waals surface area (Å²) in [5.74, 6) is 1.16. The lowest BCUT2D eigenvalue weighted by atomic mass is 10.1. The molecule has 5 nitrogen and oxygen atoms in total. The molecular weight excluding hydrogens is 242 g/mol. The van der Waals surface area contributed by atoms with Crippen LogP contribution in [-0.2, 0) is 4.74 Å². The third-order valence-corrected chi connectivity index (χ3v) is 3.41. The van der Waals surface area contributed by atoms with Gasteiger partial charge in [0.2, 0.25) is 5.82 Å². The second-order valence-electron chi connectivity index (χ2n) is 4.82. The highest BCUT2D eigenvalue weighted by Gasteiger charge is 2.21. The van der Waals surface area contributed by atoms with Crippen molar-refractivity contribution in [2.24, 2.45) is 0 Å². The fourth-order valence-corrected chi connectivity index (χ4v) is 2.09. The van der Waals surface area contributed by atoms with E-state index in [1.807, 2.05) is 6.07 Å². The highest BCUT2D eigenvalue weighted by molar-refractivity contribution is 5.55. The summed E-state index contributed by atoms with van der Waals surface area (Å²) in [5, 5.41) is 7.27. The van der Waals surface area contributed by atoms with Gasteiger partial charge in [-0.15, -0.1) is 0 Å². The number of rotatable bonds is 2. The number of ether oxygens (including phenoxy) is 1. The lowest BCUT2D eigenvalue weighted by Crippen LogP contribution is -2.33. The molecule has 3 rings (SSSR count). The molecule has 1 N–H and O–H groups in total. The van der Waals surface area contributed by atoms with Crippen molar-refractivity contribution in [3.8, 4) is 11.5 Å². The molecule has 0 radical (unpaired) electrons. The van der Waals surface area contributed by atoms with Gasteiger partial charge in [0.15, 0.2) is 0 Å². The second kappa shape index (κ2) is 5.11. The van der Waals surface area contributed by atoms with E-state index in [0.29, 0.717) is 18.3 Å². The minimum atomic E-state index is -0.113. The summed E-state index contributed by atoms with van der Waals surface area (Å²) in [5.41, 5.74) is 3.42. The topological polar surface area (TPSA) is 60.2 Å². The number of morpholine rings is 1. The first kappa shape index (κ1) is 12.3. The Morgan fingerprint density at radius 1 is 1.26 bits per heavy atom. The number of benzene rings is 1. The quantitative estimate of drug-likeness (QED) is 0.894. The van der Waals surface area contributed by atoms with Crippen molar-refractivity contribution < 1.29 is 9.26 Å². The van der Waals surface area contributed by atoms with Crippen LogP contribution in [0, 0.1) is 13.8 Å². The lowest BCUT2D eigenvalue weighted by Gasteiger charge is -2.20. The Kier molecular flexibility index (Phi) is 3.31. The smallest absolute Gasteiger partial charge is 0.258 e. The van der Waals surface area contributed by atoms with Gasteiger partial charge in [-0.25, -0.2) is 0 Å². The molecule has 2 aromatic rings. The zero-order valence-electron chi connectivity index (χ0n) is 11.1. The first-order valence-electron chi connectivity index (χ1n) is 6.47. The molecular formula is C14H17N3O2. The highest BCUT2D eigenvalue weighted by Crippen LogP contribution is 2.23. The highest BCUT2D eigenvalue weighted by atomic mass is 16.5. The van der Waals surface area contributed by atoms with E-state index in [2.05, 4.69) is 41.4 Å². The largest absolute Gasteiger partial charge is 0.367 e. The Hall–Kier alpha value is -1.72. The van der Waals surface area contributed by atoms with Crippen molar-refractivity contribution in [2.75, 3.05) is 19.7 Å². The maximum Gasteiger partial charge on any atom is 0.258 e. The van der Waals surface area contributed by atoms with Gasteiger partial charge in [0.25, 0.3) is 5.89 Å². The van der Waals surface area contributed by atoms with Crippen molar-refractivity contribution in [1.29, 1.82) is 0 Å². The first-order chi connectivity index (χ1) is 9.24. The molecule has 0 amide bonds. The van der Waals surface area contributed by atoms with Crippen LogP contribution in [0.3, 0.4) is 0 Å². The second-order valence-corrected chi connectivity index (χ2v) is 4.82. The van der Waals surface area contributed by atoms with Crippen molar-refractivity contribution in [2.45, 2.75) is 20.0 Å². The molecule has 5 heteroatoms. The van der Waals surface area contributed by atoms with Crippen LogP contribution in [0.1, 0.15) is 23.1 Å². The number of hydrogen-bond donors (Lipinski definition) is 1. The monoisotopic (exact) mass is 259 g/mol. The van der Waals surface area contributed by atoms with E-state index in [4.69, 9.17) is 9.26 Å². The minimum absolute atomic E-state index is 0.113. The fourth-order valence-electron chi connectivity index (χ4n) is 2.09. The van der Waals surface area contributed by atoms with Gasteiger partial charge in [0, 0.05) is 18.7 Å². The van der Waals surface area contributed by atoms with Crippen LogP contribution in [0.15, 0.2) is 22.7 Å². The van der Waals surface area contributed by atoms with Crippen LogP contribution in [-0.4, -0.2) is 29.8 Å². The summed E-state index contributed by atoms with van der Waals surface area (Å²) in [7, 11) is 0. The molecule has 1 unspecified atom stereocenters. The van der Waals surface area contributed by atoms with Crippen LogP contribution in [0.2, 0.25) is 0 Å². The average molecular weight is 259 g/mol. The van der Waals surface area contributed by atoms with Gasteiger partial charge < -0.3 is 14.6 Å². The Bertz CT molecular complexity index is 574. The number of hydrogen-bond acceptors (Lipinski definition) is 5. The van der Waals surface area contributed by atoms with Gasteiger partial charge in [-0.1, -0.05) is 11.2 Å². The Labute approximate surface area is 112 Å². The molecule has 1 aromatic heterocycles. The molecule has 1 aromatic carbocycles. The van der Waals surface area contributed by atoms with Crippen molar-refractivity contribution in [3.63, 3.8) is 0 Å².